The smallest absolute Gasteiger partial charge is 0.323 e. The lowest BCUT2D eigenvalue weighted by atomic mass is 10.0. The second-order valence-electron chi connectivity index (χ2n) is 6.43. The summed E-state index contributed by atoms with van der Waals surface area (Å²) < 4.78 is 1.88. The summed E-state index contributed by atoms with van der Waals surface area (Å²) >= 11 is 0. The van der Waals surface area contributed by atoms with Crippen molar-refractivity contribution >= 4 is 16.9 Å². The lowest BCUT2D eigenvalue weighted by Crippen LogP contribution is -2.21. The number of hydrogen-bond donors (Lipinski definition) is 1. The van der Waals surface area contributed by atoms with Crippen LogP contribution in [0, 0.1) is 13.8 Å². The Morgan fingerprint density at radius 3 is 2.55 bits per heavy atom. The lowest BCUT2D eigenvalue weighted by molar-refractivity contribution is -0.137. The molecule has 4 heteroatoms. The quantitative estimate of drug-likeness (QED) is 0.923. The molecular formula is C18H24N2O2. The van der Waals surface area contributed by atoms with Crippen LogP contribution in [0.2, 0.25) is 0 Å². The monoisotopic (exact) mass is 300 g/mol. The van der Waals surface area contributed by atoms with Gasteiger partial charge in [0.25, 0.3) is 0 Å². The van der Waals surface area contributed by atoms with Gasteiger partial charge in [-0.1, -0.05) is 0 Å². The zero-order valence-electron chi connectivity index (χ0n) is 13.4. The van der Waals surface area contributed by atoms with Crippen molar-refractivity contribution in [1.29, 1.82) is 0 Å². The topological polar surface area (TPSA) is 45.5 Å². The van der Waals surface area contributed by atoms with Gasteiger partial charge in [-0.2, -0.15) is 0 Å². The molecule has 0 saturated carbocycles. The molecule has 0 bridgehead atoms. The van der Waals surface area contributed by atoms with Gasteiger partial charge in [0.1, 0.15) is 6.54 Å². The van der Waals surface area contributed by atoms with Crippen LogP contribution in [-0.2, 0) is 17.8 Å². The summed E-state index contributed by atoms with van der Waals surface area (Å²) in [6.07, 6.45) is 5.64. The van der Waals surface area contributed by atoms with Crippen molar-refractivity contribution in [2.75, 3.05) is 19.6 Å². The summed E-state index contributed by atoms with van der Waals surface area (Å²) in [5.74, 6) is -0.791. The van der Waals surface area contributed by atoms with Gasteiger partial charge in [0.2, 0.25) is 0 Å². The predicted molar refractivity (Wildman–Crippen MR) is 88.4 cm³/mol. The molecule has 4 nitrogen and oxygen atoms in total. The third-order valence-corrected chi connectivity index (χ3v) is 4.78. The Balaban J connectivity index is 1.93. The number of aryl methyl sites for hydroxylation is 2. The van der Waals surface area contributed by atoms with Crippen molar-refractivity contribution in [1.82, 2.24) is 9.47 Å². The molecule has 0 radical (unpaired) electrons. The van der Waals surface area contributed by atoms with E-state index in [0.717, 1.165) is 18.5 Å². The number of nitrogens with zero attached hydrogens (tertiary/aromatic N) is 2. The van der Waals surface area contributed by atoms with Gasteiger partial charge in [-0.3, -0.25) is 4.79 Å². The van der Waals surface area contributed by atoms with E-state index < -0.39 is 5.97 Å². The van der Waals surface area contributed by atoms with Crippen LogP contribution in [0.15, 0.2) is 18.3 Å². The maximum Gasteiger partial charge on any atom is 0.323 e. The Bertz CT molecular complexity index is 697. The van der Waals surface area contributed by atoms with Gasteiger partial charge in [0.05, 0.1) is 0 Å². The number of carbonyl (C=O) groups is 1. The second-order valence-corrected chi connectivity index (χ2v) is 6.43. The number of fused-ring (bicyclic) bond motifs is 1. The molecule has 1 aliphatic heterocycles. The molecule has 0 atom stereocenters. The summed E-state index contributed by atoms with van der Waals surface area (Å²) in [6.45, 7) is 7.70. The molecule has 1 fully saturated rings. The minimum absolute atomic E-state index is 0.0305. The Kier molecular flexibility index (Phi) is 4.21. The number of likely N-dealkylation sites (tertiary alicyclic amines) is 1. The molecule has 1 aromatic heterocycles. The predicted octanol–water partition coefficient (Wildman–Crippen LogP) is 2.98. The Morgan fingerprint density at radius 1 is 1.18 bits per heavy atom. The van der Waals surface area contributed by atoms with Gasteiger partial charge in [-0.15, -0.1) is 0 Å². The Hall–Kier alpha value is -1.81. The highest BCUT2D eigenvalue weighted by molar-refractivity contribution is 5.86. The number of rotatable bonds is 5. The lowest BCUT2D eigenvalue weighted by Gasteiger charge is -2.13. The second kappa shape index (κ2) is 6.13. The maximum atomic E-state index is 11.1. The minimum atomic E-state index is -0.791. The van der Waals surface area contributed by atoms with Crippen LogP contribution in [0.3, 0.4) is 0 Å². The van der Waals surface area contributed by atoms with E-state index >= 15 is 0 Å². The van der Waals surface area contributed by atoms with Gasteiger partial charge in [-0.05, 0) is 75.0 Å². The average molecular weight is 300 g/mol. The first-order valence-corrected chi connectivity index (χ1v) is 8.07. The van der Waals surface area contributed by atoms with Crippen LogP contribution in [0.25, 0.3) is 10.9 Å². The van der Waals surface area contributed by atoms with Gasteiger partial charge in [-0.25, -0.2) is 0 Å². The summed E-state index contributed by atoms with van der Waals surface area (Å²) in [5, 5.41) is 10.3. The normalized spacial score (nSPS) is 15.7. The van der Waals surface area contributed by atoms with Gasteiger partial charge in [0.15, 0.2) is 0 Å². The van der Waals surface area contributed by atoms with Crippen molar-refractivity contribution in [2.45, 2.75) is 39.7 Å². The average Bonchev–Trinajstić information content (AvgIpc) is 3.07. The molecule has 118 valence electrons. The molecule has 2 heterocycles. The van der Waals surface area contributed by atoms with Crippen LogP contribution < -0.4 is 0 Å². The van der Waals surface area contributed by atoms with E-state index in [0.29, 0.717) is 0 Å². The molecular weight excluding hydrogens is 276 g/mol. The van der Waals surface area contributed by atoms with Crippen LogP contribution in [0.5, 0.6) is 0 Å². The van der Waals surface area contributed by atoms with Crippen molar-refractivity contribution in [2.24, 2.45) is 0 Å². The summed E-state index contributed by atoms with van der Waals surface area (Å²) in [4.78, 5) is 13.6. The molecule has 1 N–H and O–H groups in total. The first-order chi connectivity index (χ1) is 10.5. The minimum Gasteiger partial charge on any atom is -0.480 e. The Morgan fingerprint density at radius 2 is 1.86 bits per heavy atom. The SMILES string of the molecule is Cc1cc2c(CCN3CCCC3)cn(CC(=O)O)c2cc1C. The fourth-order valence-corrected chi connectivity index (χ4v) is 3.38. The first-order valence-electron chi connectivity index (χ1n) is 8.07. The van der Waals surface area contributed by atoms with Crippen molar-refractivity contribution < 1.29 is 9.90 Å². The van der Waals surface area contributed by atoms with Gasteiger partial charge in [0, 0.05) is 23.6 Å². The zero-order valence-corrected chi connectivity index (χ0v) is 13.4. The highest BCUT2D eigenvalue weighted by Crippen LogP contribution is 2.26. The highest BCUT2D eigenvalue weighted by atomic mass is 16.4. The van der Waals surface area contributed by atoms with Gasteiger partial charge < -0.3 is 14.6 Å². The molecule has 0 aliphatic carbocycles. The maximum absolute atomic E-state index is 11.1. The third kappa shape index (κ3) is 3.02. The molecule has 0 spiro atoms. The van der Waals surface area contributed by atoms with Crippen LogP contribution >= 0.6 is 0 Å². The highest BCUT2D eigenvalue weighted by Gasteiger charge is 2.15. The third-order valence-electron chi connectivity index (χ3n) is 4.78. The fourth-order valence-electron chi connectivity index (χ4n) is 3.38. The molecule has 3 rings (SSSR count). The molecule has 2 aromatic rings. The number of aliphatic carboxylic acids is 1. The van der Waals surface area contributed by atoms with Gasteiger partial charge >= 0.3 is 5.97 Å². The summed E-state index contributed by atoms with van der Waals surface area (Å²) in [6, 6.07) is 4.33. The van der Waals surface area contributed by atoms with E-state index in [2.05, 4.69) is 30.9 Å². The van der Waals surface area contributed by atoms with Crippen LogP contribution in [0.1, 0.15) is 29.5 Å². The van der Waals surface area contributed by atoms with E-state index in [4.69, 9.17) is 5.11 Å². The number of benzene rings is 1. The molecule has 1 aromatic carbocycles. The van der Waals surface area contributed by atoms with E-state index in [1.165, 1.54) is 48.0 Å². The van der Waals surface area contributed by atoms with Crippen molar-refractivity contribution in [3.05, 3.63) is 35.0 Å². The number of aromatic nitrogens is 1. The van der Waals surface area contributed by atoms with E-state index in [1.54, 1.807) is 0 Å². The molecule has 22 heavy (non-hydrogen) atoms. The van der Waals surface area contributed by atoms with E-state index in [-0.39, 0.29) is 6.54 Å². The fraction of sp³-hybridized carbons (Fsp3) is 0.500. The summed E-state index contributed by atoms with van der Waals surface area (Å²) in [7, 11) is 0. The van der Waals surface area contributed by atoms with Crippen LogP contribution in [0.4, 0.5) is 0 Å². The van der Waals surface area contributed by atoms with Crippen molar-refractivity contribution in [3.8, 4) is 0 Å². The van der Waals surface area contributed by atoms with E-state index in [9.17, 15) is 4.79 Å². The summed E-state index contributed by atoms with van der Waals surface area (Å²) in [5.41, 5.74) is 4.79. The van der Waals surface area contributed by atoms with Crippen LogP contribution in [-0.4, -0.2) is 40.2 Å². The molecule has 1 saturated heterocycles. The standard InChI is InChI=1S/C18H24N2O2/c1-13-9-16-15(5-8-19-6-3-4-7-19)11-20(12-18(21)22)17(16)10-14(13)2/h9-11H,3-8,12H2,1-2H3,(H,21,22). The van der Waals surface area contributed by atoms with E-state index in [1.807, 2.05) is 10.8 Å². The van der Waals surface area contributed by atoms with Crippen molar-refractivity contribution in [3.63, 3.8) is 0 Å². The number of hydrogen-bond acceptors (Lipinski definition) is 2. The molecule has 0 amide bonds. The number of carboxylic acid groups (broad SMARTS) is 1. The first kappa shape index (κ1) is 15.1. The molecule has 0 unspecified atom stereocenters. The largest absolute Gasteiger partial charge is 0.480 e. The molecule has 1 aliphatic rings. The Labute approximate surface area is 131 Å². The zero-order chi connectivity index (χ0) is 15.7. The number of carboxylic acids is 1.